The highest BCUT2D eigenvalue weighted by Crippen LogP contribution is 2.23. The van der Waals surface area contributed by atoms with Crippen LogP contribution in [0.4, 0.5) is 4.39 Å². The fraction of sp³-hybridized carbons (Fsp3) is 0.200. The number of piperazine rings is 1. The number of thiophene rings is 1. The topological polar surface area (TPSA) is 86.4 Å². The Hall–Kier alpha value is -3.85. The minimum Gasteiger partial charge on any atom is -0.335 e. The number of benzene rings is 2. The summed E-state index contributed by atoms with van der Waals surface area (Å²) in [6.45, 7) is 1.71. The number of hydrogen-bond acceptors (Lipinski definition) is 5. The maximum atomic E-state index is 13.1. The van der Waals surface area contributed by atoms with E-state index in [1.807, 2.05) is 29.6 Å². The summed E-state index contributed by atoms with van der Waals surface area (Å²) >= 11 is 1.48. The van der Waals surface area contributed by atoms with Crippen molar-refractivity contribution in [1.82, 2.24) is 20.0 Å². The highest BCUT2D eigenvalue weighted by atomic mass is 32.1. The third-order valence-corrected chi connectivity index (χ3v) is 6.90. The number of halogens is 1. The molecule has 3 heterocycles. The molecular weight excluding hydrogens is 455 g/mol. The molecule has 9 heteroatoms. The first-order valence-electron chi connectivity index (χ1n) is 10.9. The summed E-state index contributed by atoms with van der Waals surface area (Å²) in [6.07, 6.45) is 0.509. The van der Waals surface area contributed by atoms with E-state index in [-0.39, 0.29) is 23.2 Å². The van der Waals surface area contributed by atoms with Crippen LogP contribution in [-0.4, -0.2) is 58.0 Å². The fourth-order valence-corrected chi connectivity index (χ4v) is 4.99. The van der Waals surface area contributed by atoms with E-state index in [0.717, 1.165) is 16.0 Å². The average molecular weight is 477 g/mol. The van der Waals surface area contributed by atoms with Crippen molar-refractivity contribution in [3.63, 3.8) is 0 Å². The normalized spacial score (nSPS) is 13.9. The maximum absolute atomic E-state index is 13.1. The monoisotopic (exact) mass is 476 g/mol. The molecule has 0 radical (unpaired) electrons. The maximum Gasteiger partial charge on any atom is 0.272 e. The van der Waals surface area contributed by atoms with E-state index in [1.54, 1.807) is 15.9 Å². The van der Waals surface area contributed by atoms with E-state index in [1.165, 1.54) is 35.6 Å². The van der Waals surface area contributed by atoms with Crippen molar-refractivity contribution in [2.24, 2.45) is 0 Å². The minimum atomic E-state index is -0.383. The van der Waals surface area contributed by atoms with Crippen molar-refractivity contribution in [2.45, 2.75) is 6.42 Å². The predicted molar refractivity (Wildman–Crippen MR) is 128 cm³/mol. The van der Waals surface area contributed by atoms with Crippen molar-refractivity contribution >= 4 is 33.9 Å². The van der Waals surface area contributed by atoms with Gasteiger partial charge in [-0.2, -0.15) is 5.10 Å². The number of carbonyl (C=O) groups excluding carboxylic acids is 2. The van der Waals surface area contributed by atoms with Gasteiger partial charge in [-0.15, -0.1) is 11.3 Å². The molecule has 172 valence electrons. The third kappa shape index (κ3) is 4.34. The molecule has 0 bridgehead atoms. The lowest BCUT2D eigenvalue weighted by molar-refractivity contribution is 0.0535. The number of amides is 2. The van der Waals surface area contributed by atoms with Crippen LogP contribution >= 0.6 is 11.3 Å². The third-order valence-electron chi connectivity index (χ3n) is 5.96. The van der Waals surface area contributed by atoms with Crippen LogP contribution in [0, 0.1) is 5.82 Å². The molecule has 2 aromatic heterocycles. The Morgan fingerprint density at radius 3 is 2.21 bits per heavy atom. The number of carbonyl (C=O) groups is 2. The van der Waals surface area contributed by atoms with Crippen LogP contribution < -0.4 is 5.56 Å². The van der Waals surface area contributed by atoms with Crippen molar-refractivity contribution < 1.29 is 14.0 Å². The van der Waals surface area contributed by atoms with Crippen molar-refractivity contribution in [3.05, 3.63) is 97.8 Å². The molecular formula is C25H21FN4O3S. The molecule has 7 nitrogen and oxygen atoms in total. The van der Waals surface area contributed by atoms with Crippen molar-refractivity contribution in [2.75, 3.05) is 26.2 Å². The Kier molecular flexibility index (Phi) is 5.93. The molecule has 34 heavy (non-hydrogen) atoms. The molecule has 0 spiro atoms. The molecule has 0 unspecified atom stereocenters. The molecule has 1 saturated heterocycles. The number of nitrogens with zero attached hydrogens (tertiary/aromatic N) is 3. The fourth-order valence-electron chi connectivity index (χ4n) is 4.13. The molecule has 1 fully saturated rings. The van der Waals surface area contributed by atoms with E-state index in [4.69, 9.17) is 0 Å². The van der Waals surface area contributed by atoms with Gasteiger partial charge in [-0.3, -0.25) is 14.4 Å². The molecule has 0 saturated carbocycles. The van der Waals surface area contributed by atoms with Crippen molar-refractivity contribution in [3.8, 4) is 0 Å². The van der Waals surface area contributed by atoms with Crippen LogP contribution in [0.1, 0.15) is 31.3 Å². The zero-order chi connectivity index (χ0) is 23.7. The van der Waals surface area contributed by atoms with Gasteiger partial charge in [0.2, 0.25) is 0 Å². The van der Waals surface area contributed by atoms with Gasteiger partial charge >= 0.3 is 0 Å². The Labute approximate surface area is 198 Å². The van der Waals surface area contributed by atoms with Crippen LogP contribution in [0.15, 0.2) is 64.8 Å². The average Bonchev–Trinajstić information content (AvgIpc) is 3.34. The summed E-state index contributed by atoms with van der Waals surface area (Å²) in [7, 11) is 0. The smallest absolute Gasteiger partial charge is 0.272 e. The lowest BCUT2D eigenvalue weighted by atomic mass is 10.1. The Bertz CT molecular complexity index is 1420. The van der Waals surface area contributed by atoms with Gasteiger partial charge in [-0.1, -0.05) is 18.2 Å². The van der Waals surface area contributed by atoms with Gasteiger partial charge < -0.3 is 9.80 Å². The number of hydrogen-bond donors (Lipinski definition) is 1. The van der Waals surface area contributed by atoms with Gasteiger partial charge in [0.1, 0.15) is 5.82 Å². The van der Waals surface area contributed by atoms with E-state index in [2.05, 4.69) is 10.2 Å². The second-order valence-corrected chi connectivity index (χ2v) is 9.11. The second kappa shape index (κ2) is 9.18. The summed E-state index contributed by atoms with van der Waals surface area (Å²) < 4.78 is 13.1. The summed E-state index contributed by atoms with van der Waals surface area (Å²) in [5.74, 6) is -0.618. The van der Waals surface area contributed by atoms with Crippen LogP contribution in [-0.2, 0) is 6.42 Å². The van der Waals surface area contributed by atoms with Crippen LogP contribution in [0.2, 0.25) is 0 Å². The van der Waals surface area contributed by atoms with Gasteiger partial charge in [0, 0.05) is 53.8 Å². The molecule has 4 aromatic rings. The molecule has 2 amide bonds. The molecule has 0 aliphatic carbocycles. The number of nitrogens with one attached hydrogen (secondary N) is 1. The largest absolute Gasteiger partial charge is 0.335 e. The number of fused-ring (bicyclic) bond motifs is 1. The molecule has 1 N–H and O–H groups in total. The van der Waals surface area contributed by atoms with Crippen molar-refractivity contribution in [1.29, 1.82) is 0 Å². The first kappa shape index (κ1) is 22.0. The van der Waals surface area contributed by atoms with Gasteiger partial charge in [0.05, 0.1) is 16.6 Å². The highest BCUT2D eigenvalue weighted by molar-refractivity contribution is 7.10. The first-order chi connectivity index (χ1) is 16.5. The lowest BCUT2D eigenvalue weighted by Crippen LogP contribution is -2.50. The van der Waals surface area contributed by atoms with Gasteiger partial charge in [-0.05, 0) is 36.4 Å². The molecule has 5 rings (SSSR count). The van der Waals surface area contributed by atoms with Gasteiger partial charge in [0.25, 0.3) is 17.4 Å². The van der Waals surface area contributed by atoms with Gasteiger partial charge in [-0.25, -0.2) is 9.49 Å². The predicted octanol–water partition coefficient (Wildman–Crippen LogP) is 3.31. The van der Waals surface area contributed by atoms with Crippen LogP contribution in [0.3, 0.4) is 0 Å². The van der Waals surface area contributed by atoms with Crippen LogP contribution in [0.5, 0.6) is 0 Å². The van der Waals surface area contributed by atoms with Gasteiger partial charge in [0.15, 0.2) is 0 Å². The first-order valence-corrected chi connectivity index (χ1v) is 11.8. The Balaban J connectivity index is 1.24. The Morgan fingerprint density at radius 2 is 1.53 bits per heavy atom. The lowest BCUT2D eigenvalue weighted by Gasteiger charge is -2.34. The van der Waals surface area contributed by atoms with E-state index >= 15 is 0 Å². The zero-order valence-electron chi connectivity index (χ0n) is 18.2. The molecule has 1 aliphatic rings. The number of rotatable bonds is 4. The van der Waals surface area contributed by atoms with Crippen LogP contribution in [0.25, 0.3) is 10.8 Å². The minimum absolute atomic E-state index is 0.0735. The zero-order valence-corrected chi connectivity index (χ0v) is 19.0. The number of aromatic amines is 1. The number of H-pyrrole nitrogens is 1. The standard InChI is InChI=1S/C25H21FN4O3S/c26-18-7-5-16(6-8-18)24(32)29-9-11-30(12-10-29)25(33)17-13-19(34-15-17)14-22-20-3-1-2-4-21(20)23(31)28-27-22/h1-8,13,15H,9-12,14H2,(H,28,31). The summed E-state index contributed by atoms with van der Waals surface area (Å²) in [5, 5.41) is 9.99. The molecule has 1 aliphatic heterocycles. The number of aromatic nitrogens is 2. The summed E-state index contributed by atoms with van der Waals surface area (Å²) in [4.78, 5) is 42.1. The highest BCUT2D eigenvalue weighted by Gasteiger charge is 2.26. The Morgan fingerprint density at radius 1 is 0.912 bits per heavy atom. The van der Waals surface area contributed by atoms with E-state index in [9.17, 15) is 18.8 Å². The molecule has 0 atom stereocenters. The second-order valence-electron chi connectivity index (χ2n) is 8.11. The summed E-state index contributed by atoms with van der Waals surface area (Å²) in [6, 6.07) is 14.7. The summed E-state index contributed by atoms with van der Waals surface area (Å²) in [5.41, 5.74) is 1.57. The van der Waals surface area contributed by atoms with E-state index < -0.39 is 0 Å². The van der Waals surface area contributed by atoms with E-state index in [0.29, 0.717) is 49.1 Å². The SMILES string of the molecule is O=C(c1ccc(F)cc1)N1CCN(C(=O)c2csc(Cc3n[nH]c(=O)c4ccccc34)c2)CC1. The molecule has 2 aromatic carbocycles. The quantitative estimate of drug-likeness (QED) is 0.490.